The molecule has 0 aliphatic carbocycles. The van der Waals surface area contributed by atoms with Crippen LogP contribution >= 0.6 is 34.7 Å². The van der Waals surface area contributed by atoms with Crippen molar-refractivity contribution in [2.75, 3.05) is 11.1 Å². The van der Waals surface area contributed by atoms with Crippen molar-refractivity contribution < 1.29 is 4.79 Å². The van der Waals surface area contributed by atoms with Crippen LogP contribution in [-0.2, 0) is 4.79 Å². The van der Waals surface area contributed by atoms with Gasteiger partial charge < -0.3 is 5.32 Å². The number of hydrogen-bond acceptors (Lipinski definition) is 7. The predicted octanol–water partition coefficient (Wildman–Crippen LogP) is 4.27. The van der Waals surface area contributed by atoms with Gasteiger partial charge in [0, 0.05) is 10.4 Å². The van der Waals surface area contributed by atoms with E-state index >= 15 is 0 Å². The Kier molecular flexibility index (Phi) is 4.34. The molecule has 7 nitrogen and oxygen atoms in total. The second kappa shape index (κ2) is 7.01. The number of carbonyl (C=O) groups is 1. The van der Waals surface area contributed by atoms with Crippen LogP contribution in [0.5, 0.6) is 0 Å². The molecule has 3 aromatic heterocycles. The number of benzene rings is 2. The van der Waals surface area contributed by atoms with Crippen LogP contribution in [0.3, 0.4) is 0 Å². The number of carbonyl (C=O) groups excluding carboxylic acids is 1. The van der Waals surface area contributed by atoms with E-state index in [9.17, 15) is 4.79 Å². The summed E-state index contributed by atoms with van der Waals surface area (Å²) >= 11 is 8.64. The molecule has 10 heteroatoms. The van der Waals surface area contributed by atoms with Gasteiger partial charge in [-0.1, -0.05) is 46.8 Å². The summed E-state index contributed by atoms with van der Waals surface area (Å²) in [6.45, 7) is 0. The van der Waals surface area contributed by atoms with E-state index in [0.717, 1.165) is 26.8 Å². The zero-order chi connectivity index (χ0) is 19.1. The lowest BCUT2D eigenvalue weighted by molar-refractivity contribution is -0.113. The average Bonchev–Trinajstić information content (AvgIpc) is 3.29. The Morgan fingerprint density at radius 1 is 1.18 bits per heavy atom. The summed E-state index contributed by atoms with van der Waals surface area (Å²) in [4.78, 5) is 25.6. The molecule has 28 heavy (non-hydrogen) atoms. The Morgan fingerprint density at radius 3 is 3.00 bits per heavy atom. The monoisotopic (exact) mass is 426 g/mol. The van der Waals surface area contributed by atoms with E-state index in [1.165, 1.54) is 23.1 Å². The van der Waals surface area contributed by atoms with Crippen molar-refractivity contribution >= 4 is 72.5 Å². The number of para-hydroxylation sites is 1. The van der Waals surface area contributed by atoms with E-state index in [4.69, 9.17) is 11.6 Å². The van der Waals surface area contributed by atoms with Gasteiger partial charge >= 0.3 is 0 Å². The molecule has 0 aliphatic heterocycles. The SMILES string of the molecule is O=C(CSc1nc2c3ccccc3ncn2n1)Nc1nc2ccc(Cl)cc2s1. The van der Waals surface area contributed by atoms with Crippen molar-refractivity contribution in [2.24, 2.45) is 0 Å². The number of nitrogens with zero attached hydrogens (tertiary/aromatic N) is 5. The highest BCUT2D eigenvalue weighted by atomic mass is 35.5. The predicted molar refractivity (Wildman–Crippen MR) is 112 cm³/mol. The number of thiazole rings is 1. The highest BCUT2D eigenvalue weighted by Crippen LogP contribution is 2.28. The fourth-order valence-corrected chi connectivity index (χ4v) is 4.55. The molecule has 0 saturated carbocycles. The quantitative estimate of drug-likeness (QED) is 0.432. The summed E-state index contributed by atoms with van der Waals surface area (Å²) in [6.07, 6.45) is 1.63. The summed E-state index contributed by atoms with van der Waals surface area (Å²) in [7, 11) is 0. The molecule has 0 atom stereocenters. The number of thioether (sulfide) groups is 1. The standard InChI is InChI=1S/C18H11ClN6OS2/c19-10-5-6-13-14(7-10)28-17(21-13)22-15(26)8-27-18-23-16-11-3-1-2-4-12(11)20-9-25(16)24-18/h1-7,9H,8H2,(H,21,22,26). The molecule has 5 aromatic rings. The molecule has 0 aliphatic rings. The third-order valence-electron chi connectivity index (χ3n) is 3.99. The van der Waals surface area contributed by atoms with E-state index in [1.807, 2.05) is 36.4 Å². The first-order valence-electron chi connectivity index (χ1n) is 8.24. The summed E-state index contributed by atoms with van der Waals surface area (Å²) in [5.74, 6) is 0.0100. The first-order valence-corrected chi connectivity index (χ1v) is 10.4. The molecular weight excluding hydrogens is 416 g/mol. The topological polar surface area (TPSA) is 85.1 Å². The second-order valence-corrected chi connectivity index (χ2v) is 8.30. The zero-order valence-electron chi connectivity index (χ0n) is 14.2. The molecule has 138 valence electrons. The Balaban J connectivity index is 1.31. The van der Waals surface area contributed by atoms with E-state index in [2.05, 4.69) is 25.4 Å². The molecule has 5 rings (SSSR count). The number of fused-ring (bicyclic) bond motifs is 4. The van der Waals surface area contributed by atoms with Gasteiger partial charge in [0.25, 0.3) is 0 Å². The van der Waals surface area contributed by atoms with Crippen molar-refractivity contribution in [1.29, 1.82) is 0 Å². The van der Waals surface area contributed by atoms with Crippen LogP contribution in [0.15, 0.2) is 53.9 Å². The molecule has 0 radical (unpaired) electrons. The normalized spacial score (nSPS) is 11.5. The summed E-state index contributed by atoms with van der Waals surface area (Å²) in [5.41, 5.74) is 2.38. The Morgan fingerprint density at radius 2 is 2.07 bits per heavy atom. The lowest BCUT2D eigenvalue weighted by atomic mass is 10.2. The van der Waals surface area contributed by atoms with E-state index in [0.29, 0.717) is 15.3 Å². The van der Waals surface area contributed by atoms with Gasteiger partial charge in [0.2, 0.25) is 11.1 Å². The lowest BCUT2D eigenvalue weighted by Gasteiger charge is -1.98. The Hall–Kier alpha value is -2.75. The molecule has 0 fully saturated rings. The van der Waals surface area contributed by atoms with Crippen LogP contribution in [0.25, 0.3) is 26.8 Å². The number of halogens is 1. The number of hydrogen-bond donors (Lipinski definition) is 1. The number of amides is 1. The third kappa shape index (κ3) is 3.28. The van der Waals surface area contributed by atoms with Crippen LogP contribution in [0, 0.1) is 0 Å². The molecule has 0 bridgehead atoms. The maximum atomic E-state index is 12.3. The highest BCUT2D eigenvalue weighted by molar-refractivity contribution is 7.99. The van der Waals surface area contributed by atoms with E-state index < -0.39 is 0 Å². The van der Waals surface area contributed by atoms with Gasteiger partial charge in [-0.2, -0.15) is 0 Å². The molecule has 0 saturated heterocycles. The molecule has 0 unspecified atom stereocenters. The van der Waals surface area contributed by atoms with Crippen LogP contribution in [0.2, 0.25) is 5.02 Å². The minimum Gasteiger partial charge on any atom is -0.301 e. The Labute approximate surface area is 171 Å². The Bertz CT molecular complexity index is 1350. The fraction of sp³-hybridized carbons (Fsp3) is 0.0556. The van der Waals surface area contributed by atoms with Crippen LogP contribution in [0.4, 0.5) is 5.13 Å². The minimum absolute atomic E-state index is 0.169. The number of aromatic nitrogens is 5. The van der Waals surface area contributed by atoms with E-state index in [-0.39, 0.29) is 11.7 Å². The number of anilines is 1. The van der Waals surface area contributed by atoms with Crippen molar-refractivity contribution in [3.63, 3.8) is 0 Å². The number of nitrogens with one attached hydrogen (secondary N) is 1. The first-order chi connectivity index (χ1) is 13.7. The largest absolute Gasteiger partial charge is 0.301 e. The average molecular weight is 427 g/mol. The molecule has 1 amide bonds. The third-order valence-corrected chi connectivity index (χ3v) is 6.00. The maximum absolute atomic E-state index is 12.3. The van der Waals surface area contributed by atoms with Crippen molar-refractivity contribution in [3.8, 4) is 0 Å². The van der Waals surface area contributed by atoms with Gasteiger partial charge in [-0.15, -0.1) is 5.10 Å². The maximum Gasteiger partial charge on any atom is 0.236 e. The minimum atomic E-state index is -0.169. The van der Waals surface area contributed by atoms with Gasteiger partial charge in [-0.25, -0.2) is 19.5 Å². The van der Waals surface area contributed by atoms with Gasteiger partial charge in [0.15, 0.2) is 10.8 Å². The summed E-state index contributed by atoms with van der Waals surface area (Å²) in [6, 6.07) is 13.2. The summed E-state index contributed by atoms with van der Waals surface area (Å²) < 4.78 is 2.55. The van der Waals surface area contributed by atoms with Crippen molar-refractivity contribution in [3.05, 3.63) is 53.8 Å². The first kappa shape index (κ1) is 17.4. The highest BCUT2D eigenvalue weighted by Gasteiger charge is 2.12. The van der Waals surface area contributed by atoms with Crippen molar-refractivity contribution in [1.82, 2.24) is 24.6 Å². The van der Waals surface area contributed by atoms with Crippen molar-refractivity contribution in [2.45, 2.75) is 5.16 Å². The lowest BCUT2D eigenvalue weighted by Crippen LogP contribution is -2.13. The van der Waals surface area contributed by atoms with Gasteiger partial charge in [-0.05, 0) is 30.3 Å². The van der Waals surface area contributed by atoms with Gasteiger partial charge in [0.05, 0.1) is 21.5 Å². The fourth-order valence-electron chi connectivity index (χ4n) is 2.76. The van der Waals surface area contributed by atoms with Crippen LogP contribution in [-0.4, -0.2) is 36.2 Å². The number of rotatable bonds is 4. The zero-order valence-corrected chi connectivity index (χ0v) is 16.6. The molecule has 1 N–H and O–H groups in total. The van der Waals surface area contributed by atoms with E-state index in [1.54, 1.807) is 16.9 Å². The van der Waals surface area contributed by atoms with Gasteiger partial charge in [-0.3, -0.25) is 4.79 Å². The van der Waals surface area contributed by atoms with Crippen LogP contribution in [0.1, 0.15) is 0 Å². The van der Waals surface area contributed by atoms with Gasteiger partial charge in [0.1, 0.15) is 6.33 Å². The molecule has 0 spiro atoms. The smallest absolute Gasteiger partial charge is 0.236 e. The second-order valence-electron chi connectivity index (χ2n) is 5.89. The molecule has 2 aromatic carbocycles. The van der Waals surface area contributed by atoms with Crippen LogP contribution < -0.4 is 5.32 Å². The molecule has 3 heterocycles. The molecular formula is C18H11ClN6OS2. The summed E-state index contributed by atoms with van der Waals surface area (Å²) in [5, 5.41) is 9.82.